The van der Waals surface area contributed by atoms with Crippen LogP contribution >= 0.6 is 12.2 Å². The van der Waals surface area contributed by atoms with Crippen LogP contribution in [0.15, 0.2) is 12.4 Å². The molecule has 1 unspecified atom stereocenters. The molecule has 1 aromatic rings. The van der Waals surface area contributed by atoms with E-state index in [4.69, 9.17) is 18.0 Å². The molecular weight excluding hydrogens is 220 g/mol. The maximum atomic E-state index is 5.59. The van der Waals surface area contributed by atoms with Crippen molar-refractivity contribution in [1.82, 2.24) is 14.5 Å². The molecule has 1 aromatic heterocycles. The number of rotatable bonds is 6. The van der Waals surface area contributed by atoms with Crippen molar-refractivity contribution in [2.75, 3.05) is 7.05 Å². The molecule has 0 saturated heterocycles. The Hall–Kier alpha value is -0.940. The van der Waals surface area contributed by atoms with E-state index in [-0.39, 0.29) is 0 Å². The summed E-state index contributed by atoms with van der Waals surface area (Å²) in [7, 11) is 4.09. The second-order valence-corrected chi connectivity index (χ2v) is 4.63. The number of aromatic nitrogens is 2. The summed E-state index contributed by atoms with van der Waals surface area (Å²) in [6.07, 6.45) is 5.58. The highest BCUT2D eigenvalue weighted by Gasteiger charge is 2.15. The first kappa shape index (κ1) is 13.1. The standard InChI is InChI=1S/C11H20N4S/c1-4-9(7-10(12)16)15(3)8-11-13-5-6-14(11)2/h5-6,9H,4,7-8H2,1-3H3,(H2,12,16). The molecule has 16 heavy (non-hydrogen) atoms. The summed E-state index contributed by atoms with van der Waals surface area (Å²) < 4.78 is 2.03. The smallest absolute Gasteiger partial charge is 0.122 e. The molecule has 4 nitrogen and oxygen atoms in total. The van der Waals surface area contributed by atoms with Gasteiger partial charge in [-0.25, -0.2) is 4.98 Å². The second-order valence-electron chi connectivity index (χ2n) is 4.10. The highest BCUT2D eigenvalue weighted by Crippen LogP contribution is 2.10. The van der Waals surface area contributed by atoms with E-state index in [9.17, 15) is 0 Å². The fourth-order valence-corrected chi connectivity index (χ4v) is 1.94. The largest absolute Gasteiger partial charge is 0.393 e. The van der Waals surface area contributed by atoms with Crippen molar-refractivity contribution in [3.63, 3.8) is 0 Å². The SMILES string of the molecule is CCC(CC(N)=S)N(C)Cc1nccn1C. The van der Waals surface area contributed by atoms with Crippen molar-refractivity contribution < 1.29 is 0 Å². The van der Waals surface area contributed by atoms with Crippen LogP contribution in [-0.2, 0) is 13.6 Å². The van der Waals surface area contributed by atoms with Crippen molar-refractivity contribution in [1.29, 1.82) is 0 Å². The minimum atomic E-state index is 0.397. The normalized spacial score (nSPS) is 13.0. The lowest BCUT2D eigenvalue weighted by Crippen LogP contribution is -2.34. The van der Waals surface area contributed by atoms with Gasteiger partial charge in [-0.05, 0) is 13.5 Å². The predicted octanol–water partition coefficient (Wildman–Crippen LogP) is 1.31. The molecule has 1 heterocycles. The van der Waals surface area contributed by atoms with E-state index < -0.39 is 0 Å². The zero-order valence-corrected chi connectivity index (χ0v) is 11.0. The van der Waals surface area contributed by atoms with Gasteiger partial charge in [-0.1, -0.05) is 19.1 Å². The first-order chi connectivity index (χ1) is 7.54. The molecule has 1 rings (SSSR count). The van der Waals surface area contributed by atoms with Crippen molar-refractivity contribution in [2.24, 2.45) is 12.8 Å². The van der Waals surface area contributed by atoms with E-state index >= 15 is 0 Å². The summed E-state index contributed by atoms with van der Waals surface area (Å²) in [5.41, 5.74) is 5.59. The molecular formula is C11H20N4S. The van der Waals surface area contributed by atoms with E-state index in [0.29, 0.717) is 11.0 Å². The molecule has 0 bridgehead atoms. The lowest BCUT2D eigenvalue weighted by Gasteiger charge is -2.26. The van der Waals surface area contributed by atoms with Gasteiger partial charge in [0, 0.05) is 31.9 Å². The van der Waals surface area contributed by atoms with Crippen molar-refractivity contribution in [2.45, 2.75) is 32.4 Å². The van der Waals surface area contributed by atoms with Gasteiger partial charge in [-0.2, -0.15) is 0 Å². The van der Waals surface area contributed by atoms with Crippen LogP contribution in [0.5, 0.6) is 0 Å². The third-order valence-corrected chi connectivity index (χ3v) is 3.01. The van der Waals surface area contributed by atoms with E-state index in [0.717, 1.165) is 25.2 Å². The molecule has 0 aliphatic rings. The van der Waals surface area contributed by atoms with Gasteiger partial charge in [-0.3, -0.25) is 4.90 Å². The molecule has 0 aromatic carbocycles. The van der Waals surface area contributed by atoms with Crippen LogP contribution in [0.1, 0.15) is 25.6 Å². The van der Waals surface area contributed by atoms with Crippen LogP contribution in [0.2, 0.25) is 0 Å². The Balaban J connectivity index is 2.59. The summed E-state index contributed by atoms with van der Waals surface area (Å²) in [6.45, 7) is 2.97. The summed E-state index contributed by atoms with van der Waals surface area (Å²) in [5.74, 6) is 1.06. The van der Waals surface area contributed by atoms with Gasteiger partial charge < -0.3 is 10.3 Å². The topological polar surface area (TPSA) is 47.1 Å². The zero-order chi connectivity index (χ0) is 12.1. The Kier molecular flexibility index (Phi) is 4.89. The molecule has 0 aliphatic heterocycles. The third-order valence-electron chi connectivity index (χ3n) is 2.84. The number of nitrogens with zero attached hydrogens (tertiary/aromatic N) is 3. The number of nitrogens with two attached hydrogens (primary N) is 1. The molecule has 0 amide bonds. The van der Waals surface area contributed by atoms with E-state index in [1.54, 1.807) is 0 Å². The maximum Gasteiger partial charge on any atom is 0.122 e. The first-order valence-corrected chi connectivity index (χ1v) is 5.90. The zero-order valence-electron chi connectivity index (χ0n) is 10.2. The number of thiocarbonyl (C=S) groups is 1. The average molecular weight is 240 g/mol. The van der Waals surface area contributed by atoms with Gasteiger partial charge >= 0.3 is 0 Å². The lowest BCUT2D eigenvalue weighted by atomic mass is 10.1. The van der Waals surface area contributed by atoms with Gasteiger partial charge in [-0.15, -0.1) is 0 Å². The van der Waals surface area contributed by atoms with E-state index in [1.807, 2.05) is 24.0 Å². The number of aryl methyl sites for hydroxylation is 1. The number of imidazole rings is 1. The van der Waals surface area contributed by atoms with E-state index in [1.165, 1.54) is 0 Å². The van der Waals surface area contributed by atoms with E-state index in [2.05, 4.69) is 23.9 Å². The lowest BCUT2D eigenvalue weighted by molar-refractivity contribution is 0.225. The van der Waals surface area contributed by atoms with Crippen LogP contribution in [0.25, 0.3) is 0 Å². The van der Waals surface area contributed by atoms with Crippen LogP contribution in [0.3, 0.4) is 0 Å². The predicted molar refractivity (Wildman–Crippen MR) is 70.2 cm³/mol. The van der Waals surface area contributed by atoms with Gasteiger partial charge in [0.05, 0.1) is 11.5 Å². The molecule has 0 saturated carbocycles. The van der Waals surface area contributed by atoms with Crippen LogP contribution in [0, 0.1) is 0 Å². The number of hydrogen-bond acceptors (Lipinski definition) is 3. The molecule has 0 spiro atoms. The molecule has 5 heteroatoms. The van der Waals surface area contributed by atoms with Gasteiger partial charge in [0.25, 0.3) is 0 Å². The molecule has 2 N–H and O–H groups in total. The van der Waals surface area contributed by atoms with Gasteiger partial charge in [0.2, 0.25) is 0 Å². The molecule has 0 radical (unpaired) electrons. The highest BCUT2D eigenvalue weighted by atomic mass is 32.1. The Morgan fingerprint density at radius 1 is 1.69 bits per heavy atom. The minimum Gasteiger partial charge on any atom is -0.393 e. The van der Waals surface area contributed by atoms with Gasteiger partial charge in [0.1, 0.15) is 5.82 Å². The van der Waals surface area contributed by atoms with Crippen LogP contribution < -0.4 is 5.73 Å². The van der Waals surface area contributed by atoms with Crippen molar-refractivity contribution in [3.05, 3.63) is 18.2 Å². The fourth-order valence-electron chi connectivity index (χ4n) is 1.75. The Morgan fingerprint density at radius 3 is 2.81 bits per heavy atom. The molecule has 0 fully saturated rings. The maximum absolute atomic E-state index is 5.59. The second kappa shape index (κ2) is 5.96. The quantitative estimate of drug-likeness (QED) is 0.762. The fraction of sp³-hybridized carbons (Fsp3) is 0.636. The molecule has 0 aliphatic carbocycles. The van der Waals surface area contributed by atoms with Crippen LogP contribution in [-0.4, -0.2) is 32.5 Å². The monoisotopic (exact) mass is 240 g/mol. The molecule has 90 valence electrons. The summed E-state index contributed by atoms with van der Waals surface area (Å²) in [4.78, 5) is 7.14. The van der Waals surface area contributed by atoms with Crippen molar-refractivity contribution in [3.8, 4) is 0 Å². The summed E-state index contributed by atoms with van der Waals surface area (Å²) in [5, 5.41) is 0. The summed E-state index contributed by atoms with van der Waals surface area (Å²) in [6, 6.07) is 0.397. The number of hydrogen-bond donors (Lipinski definition) is 1. The Morgan fingerprint density at radius 2 is 2.38 bits per heavy atom. The first-order valence-electron chi connectivity index (χ1n) is 5.49. The third kappa shape index (κ3) is 3.57. The van der Waals surface area contributed by atoms with Gasteiger partial charge in [0.15, 0.2) is 0 Å². The average Bonchev–Trinajstić information content (AvgIpc) is 2.60. The summed E-state index contributed by atoms with van der Waals surface area (Å²) >= 11 is 4.96. The highest BCUT2D eigenvalue weighted by molar-refractivity contribution is 7.80. The Bertz CT molecular complexity index is 348. The van der Waals surface area contributed by atoms with Crippen molar-refractivity contribution >= 4 is 17.2 Å². The Labute approximate surface area is 102 Å². The minimum absolute atomic E-state index is 0.397. The molecule has 1 atom stereocenters. The van der Waals surface area contributed by atoms with Crippen LogP contribution in [0.4, 0.5) is 0 Å².